The lowest BCUT2D eigenvalue weighted by Crippen LogP contribution is -2.48. The standard InChI is InChI=1S/C11H14N2/c1-9-3-2-4-10(12-9)13-7-11(8-13)5-6-11/h2-4H,5-8H2,1H3. The molecule has 0 unspecified atom stereocenters. The molecule has 1 aliphatic heterocycles. The molecule has 1 aromatic rings. The second-order valence-electron chi connectivity index (χ2n) is 4.49. The number of aryl methyl sites for hydroxylation is 1. The van der Waals surface area contributed by atoms with E-state index in [4.69, 9.17) is 0 Å². The zero-order chi connectivity index (χ0) is 8.89. The number of anilines is 1. The fourth-order valence-electron chi connectivity index (χ4n) is 2.12. The van der Waals surface area contributed by atoms with E-state index in [0.717, 1.165) is 16.9 Å². The van der Waals surface area contributed by atoms with E-state index in [2.05, 4.69) is 35.0 Å². The second kappa shape index (κ2) is 2.25. The van der Waals surface area contributed by atoms with Crippen LogP contribution in [0.25, 0.3) is 0 Å². The molecule has 1 aromatic heterocycles. The first-order chi connectivity index (χ1) is 6.27. The fourth-order valence-corrected chi connectivity index (χ4v) is 2.12. The number of hydrogen-bond donors (Lipinski definition) is 0. The Labute approximate surface area is 78.6 Å². The van der Waals surface area contributed by atoms with E-state index >= 15 is 0 Å². The average molecular weight is 174 g/mol. The third-order valence-electron chi connectivity index (χ3n) is 3.21. The molecule has 1 saturated heterocycles. The van der Waals surface area contributed by atoms with Crippen LogP contribution in [0.1, 0.15) is 18.5 Å². The Morgan fingerprint density at radius 3 is 2.69 bits per heavy atom. The maximum atomic E-state index is 4.51. The summed E-state index contributed by atoms with van der Waals surface area (Å²) in [5.74, 6) is 1.16. The molecule has 2 fully saturated rings. The normalized spacial score (nSPS) is 23.0. The van der Waals surface area contributed by atoms with Crippen molar-refractivity contribution in [1.29, 1.82) is 0 Å². The highest BCUT2D eigenvalue weighted by Crippen LogP contribution is 2.53. The van der Waals surface area contributed by atoms with Gasteiger partial charge in [-0.15, -0.1) is 0 Å². The Hall–Kier alpha value is -1.05. The molecule has 2 aliphatic rings. The summed E-state index contributed by atoms with van der Waals surface area (Å²) >= 11 is 0. The summed E-state index contributed by atoms with van der Waals surface area (Å²) in [6, 6.07) is 6.26. The number of nitrogens with zero attached hydrogens (tertiary/aromatic N) is 2. The monoisotopic (exact) mass is 174 g/mol. The molecule has 13 heavy (non-hydrogen) atoms. The summed E-state index contributed by atoms with van der Waals surface area (Å²) in [5.41, 5.74) is 1.85. The van der Waals surface area contributed by atoms with Crippen molar-refractivity contribution in [3.63, 3.8) is 0 Å². The number of pyridine rings is 1. The van der Waals surface area contributed by atoms with Gasteiger partial charge in [0.05, 0.1) is 0 Å². The van der Waals surface area contributed by atoms with Crippen LogP contribution < -0.4 is 4.90 Å². The Morgan fingerprint density at radius 2 is 2.08 bits per heavy atom. The van der Waals surface area contributed by atoms with Gasteiger partial charge in [0, 0.05) is 24.2 Å². The van der Waals surface area contributed by atoms with Crippen LogP contribution in [0.3, 0.4) is 0 Å². The van der Waals surface area contributed by atoms with Gasteiger partial charge in [0.1, 0.15) is 5.82 Å². The molecule has 0 atom stereocenters. The molecule has 2 heteroatoms. The van der Waals surface area contributed by atoms with Crippen molar-refractivity contribution in [3.8, 4) is 0 Å². The van der Waals surface area contributed by atoms with E-state index in [0.29, 0.717) is 0 Å². The molecule has 3 rings (SSSR count). The van der Waals surface area contributed by atoms with Gasteiger partial charge in [-0.3, -0.25) is 0 Å². The van der Waals surface area contributed by atoms with E-state index in [1.54, 1.807) is 0 Å². The third-order valence-corrected chi connectivity index (χ3v) is 3.21. The largest absolute Gasteiger partial charge is 0.355 e. The van der Waals surface area contributed by atoms with Crippen molar-refractivity contribution < 1.29 is 0 Å². The molecule has 0 bridgehead atoms. The minimum Gasteiger partial charge on any atom is -0.355 e. The van der Waals surface area contributed by atoms with Crippen LogP contribution >= 0.6 is 0 Å². The average Bonchev–Trinajstić information content (AvgIpc) is 2.80. The Morgan fingerprint density at radius 1 is 1.31 bits per heavy atom. The molecule has 1 spiro atoms. The van der Waals surface area contributed by atoms with Gasteiger partial charge >= 0.3 is 0 Å². The smallest absolute Gasteiger partial charge is 0.128 e. The molecule has 0 N–H and O–H groups in total. The van der Waals surface area contributed by atoms with Gasteiger partial charge in [-0.25, -0.2) is 4.98 Å². The molecule has 2 heterocycles. The van der Waals surface area contributed by atoms with E-state index in [-0.39, 0.29) is 0 Å². The molecule has 1 saturated carbocycles. The van der Waals surface area contributed by atoms with E-state index in [9.17, 15) is 0 Å². The van der Waals surface area contributed by atoms with Crippen molar-refractivity contribution in [2.75, 3.05) is 18.0 Å². The molecule has 0 aromatic carbocycles. The Bertz CT molecular complexity index is 334. The molecule has 0 radical (unpaired) electrons. The second-order valence-corrected chi connectivity index (χ2v) is 4.49. The highest BCUT2D eigenvalue weighted by molar-refractivity contribution is 5.45. The maximum absolute atomic E-state index is 4.51. The van der Waals surface area contributed by atoms with Crippen molar-refractivity contribution >= 4 is 5.82 Å². The maximum Gasteiger partial charge on any atom is 0.128 e. The molecule has 68 valence electrons. The van der Waals surface area contributed by atoms with Gasteiger partial charge < -0.3 is 4.90 Å². The van der Waals surface area contributed by atoms with Gasteiger partial charge in [0.25, 0.3) is 0 Å². The molecular formula is C11H14N2. The summed E-state index contributed by atoms with van der Waals surface area (Å²) in [4.78, 5) is 6.90. The first kappa shape index (κ1) is 7.36. The number of aromatic nitrogens is 1. The van der Waals surface area contributed by atoms with E-state index < -0.39 is 0 Å². The van der Waals surface area contributed by atoms with Crippen molar-refractivity contribution in [2.24, 2.45) is 5.41 Å². The molecule has 1 aliphatic carbocycles. The summed E-state index contributed by atoms with van der Waals surface area (Å²) in [6.45, 7) is 4.53. The SMILES string of the molecule is Cc1cccc(N2CC3(CC3)C2)n1. The summed E-state index contributed by atoms with van der Waals surface area (Å²) in [7, 11) is 0. The minimum absolute atomic E-state index is 0.728. The highest BCUT2D eigenvalue weighted by atomic mass is 15.3. The van der Waals surface area contributed by atoms with Gasteiger partial charge in [-0.2, -0.15) is 0 Å². The quantitative estimate of drug-likeness (QED) is 0.647. The van der Waals surface area contributed by atoms with Gasteiger partial charge in [0.15, 0.2) is 0 Å². The van der Waals surface area contributed by atoms with E-state index in [1.807, 2.05) is 0 Å². The van der Waals surface area contributed by atoms with Crippen LogP contribution in [0.5, 0.6) is 0 Å². The highest BCUT2D eigenvalue weighted by Gasteiger charge is 2.52. The predicted octanol–water partition coefficient (Wildman–Crippen LogP) is 1.99. The van der Waals surface area contributed by atoms with Crippen LogP contribution in [-0.4, -0.2) is 18.1 Å². The molecule has 2 nitrogen and oxygen atoms in total. The molecular weight excluding hydrogens is 160 g/mol. The van der Waals surface area contributed by atoms with Crippen LogP contribution in [0.4, 0.5) is 5.82 Å². The van der Waals surface area contributed by atoms with Gasteiger partial charge in [0.2, 0.25) is 0 Å². The fraction of sp³-hybridized carbons (Fsp3) is 0.545. The van der Waals surface area contributed by atoms with Crippen LogP contribution in [0.15, 0.2) is 18.2 Å². The first-order valence-corrected chi connectivity index (χ1v) is 4.96. The Kier molecular flexibility index (Phi) is 1.27. The van der Waals surface area contributed by atoms with Gasteiger partial charge in [-0.1, -0.05) is 6.07 Å². The molecule has 0 amide bonds. The topological polar surface area (TPSA) is 16.1 Å². The minimum atomic E-state index is 0.728. The zero-order valence-electron chi connectivity index (χ0n) is 7.95. The van der Waals surface area contributed by atoms with Crippen molar-refractivity contribution in [1.82, 2.24) is 4.98 Å². The van der Waals surface area contributed by atoms with Crippen molar-refractivity contribution in [2.45, 2.75) is 19.8 Å². The zero-order valence-corrected chi connectivity index (χ0v) is 7.95. The van der Waals surface area contributed by atoms with Crippen LogP contribution in [0.2, 0.25) is 0 Å². The lowest BCUT2D eigenvalue weighted by Gasteiger charge is -2.41. The summed E-state index contributed by atoms with van der Waals surface area (Å²) in [5, 5.41) is 0. The van der Waals surface area contributed by atoms with Gasteiger partial charge in [-0.05, 0) is 31.9 Å². The lowest BCUT2D eigenvalue weighted by atomic mass is 9.97. The third kappa shape index (κ3) is 1.12. The lowest BCUT2D eigenvalue weighted by molar-refractivity contribution is 0.384. The summed E-state index contributed by atoms with van der Waals surface area (Å²) < 4.78 is 0. The van der Waals surface area contributed by atoms with Crippen molar-refractivity contribution in [3.05, 3.63) is 23.9 Å². The number of hydrogen-bond acceptors (Lipinski definition) is 2. The summed E-state index contributed by atoms with van der Waals surface area (Å²) in [6.07, 6.45) is 2.88. The Balaban J connectivity index is 1.78. The van der Waals surface area contributed by atoms with Crippen LogP contribution in [0, 0.1) is 12.3 Å². The van der Waals surface area contributed by atoms with Crippen LogP contribution in [-0.2, 0) is 0 Å². The first-order valence-electron chi connectivity index (χ1n) is 4.96. The number of rotatable bonds is 1. The van der Waals surface area contributed by atoms with E-state index in [1.165, 1.54) is 25.9 Å². The predicted molar refractivity (Wildman–Crippen MR) is 52.9 cm³/mol.